The van der Waals surface area contributed by atoms with Crippen LogP contribution in [0.4, 0.5) is 13.2 Å². The van der Waals surface area contributed by atoms with Gasteiger partial charge in [0, 0.05) is 11.1 Å². The Labute approximate surface area is 103 Å². The van der Waals surface area contributed by atoms with Crippen molar-refractivity contribution in [1.82, 2.24) is 0 Å². The first-order valence-corrected chi connectivity index (χ1v) is 5.88. The molecule has 1 saturated carbocycles. The van der Waals surface area contributed by atoms with Gasteiger partial charge in [-0.1, -0.05) is 24.4 Å². The second-order valence-corrected chi connectivity index (χ2v) is 4.93. The number of benzene rings is 1. The molecule has 0 aromatic heterocycles. The molecule has 94 valence electrons. The fourth-order valence-electron chi connectivity index (χ4n) is 1.84. The Morgan fingerprint density at radius 2 is 2.00 bits per heavy atom. The third-order valence-corrected chi connectivity index (χ3v) is 3.35. The molecule has 0 heterocycles. The second kappa shape index (κ2) is 4.50. The molecule has 0 radical (unpaired) electrons. The SMILES string of the molecule is N[C@H](CC1CC1)c1cc(C(F)(F)F)ccc1Cl. The number of hydrogen-bond donors (Lipinski definition) is 1. The Morgan fingerprint density at radius 1 is 1.35 bits per heavy atom. The van der Waals surface area contributed by atoms with E-state index >= 15 is 0 Å². The van der Waals surface area contributed by atoms with Crippen LogP contribution in [0, 0.1) is 5.92 Å². The lowest BCUT2D eigenvalue weighted by Crippen LogP contribution is -2.14. The molecular formula is C12H13ClF3N. The summed E-state index contributed by atoms with van der Waals surface area (Å²) in [5, 5.41) is 0.311. The van der Waals surface area contributed by atoms with E-state index in [2.05, 4.69) is 0 Å². The van der Waals surface area contributed by atoms with Gasteiger partial charge >= 0.3 is 6.18 Å². The summed E-state index contributed by atoms with van der Waals surface area (Å²) in [5.41, 5.74) is 5.60. The van der Waals surface area contributed by atoms with E-state index < -0.39 is 17.8 Å². The second-order valence-electron chi connectivity index (χ2n) is 4.52. The van der Waals surface area contributed by atoms with E-state index in [9.17, 15) is 13.2 Å². The largest absolute Gasteiger partial charge is 0.416 e. The molecule has 2 N–H and O–H groups in total. The van der Waals surface area contributed by atoms with Crippen molar-refractivity contribution in [3.63, 3.8) is 0 Å². The monoisotopic (exact) mass is 263 g/mol. The van der Waals surface area contributed by atoms with E-state index in [0.29, 0.717) is 22.9 Å². The summed E-state index contributed by atoms with van der Waals surface area (Å²) >= 11 is 5.90. The lowest BCUT2D eigenvalue weighted by Gasteiger charge is -2.16. The van der Waals surface area contributed by atoms with Crippen molar-refractivity contribution in [2.75, 3.05) is 0 Å². The van der Waals surface area contributed by atoms with Gasteiger partial charge in [0.15, 0.2) is 0 Å². The smallest absolute Gasteiger partial charge is 0.324 e. The molecule has 1 aromatic carbocycles. The average Bonchev–Trinajstić information content (AvgIpc) is 3.00. The minimum Gasteiger partial charge on any atom is -0.324 e. The van der Waals surface area contributed by atoms with Crippen LogP contribution in [0.25, 0.3) is 0 Å². The lowest BCUT2D eigenvalue weighted by molar-refractivity contribution is -0.137. The van der Waals surface area contributed by atoms with Crippen LogP contribution in [0.5, 0.6) is 0 Å². The van der Waals surface area contributed by atoms with Crippen LogP contribution in [0.3, 0.4) is 0 Å². The quantitative estimate of drug-likeness (QED) is 0.871. The maximum absolute atomic E-state index is 12.6. The maximum atomic E-state index is 12.6. The van der Waals surface area contributed by atoms with Gasteiger partial charge in [0.05, 0.1) is 5.56 Å². The molecule has 0 amide bonds. The molecule has 1 aliphatic carbocycles. The van der Waals surface area contributed by atoms with Gasteiger partial charge in [-0.05, 0) is 36.1 Å². The minimum atomic E-state index is -4.35. The Bertz CT molecular complexity index is 413. The highest BCUT2D eigenvalue weighted by molar-refractivity contribution is 6.31. The van der Waals surface area contributed by atoms with Crippen molar-refractivity contribution in [1.29, 1.82) is 0 Å². The molecule has 1 aliphatic rings. The zero-order valence-corrected chi connectivity index (χ0v) is 9.85. The third-order valence-electron chi connectivity index (χ3n) is 3.01. The van der Waals surface area contributed by atoms with Crippen molar-refractivity contribution in [2.24, 2.45) is 11.7 Å². The summed E-state index contributed by atoms with van der Waals surface area (Å²) in [7, 11) is 0. The summed E-state index contributed by atoms with van der Waals surface area (Å²) < 4.78 is 37.7. The van der Waals surface area contributed by atoms with Crippen LogP contribution in [0.15, 0.2) is 18.2 Å². The standard InChI is InChI=1S/C12H13ClF3N/c13-10-4-3-8(12(14,15)16)6-9(10)11(17)5-7-1-2-7/h3-4,6-7,11H,1-2,5,17H2/t11-/m1/s1. The molecule has 0 spiro atoms. The number of alkyl halides is 3. The molecule has 1 atom stereocenters. The maximum Gasteiger partial charge on any atom is 0.416 e. The van der Waals surface area contributed by atoms with E-state index in [1.54, 1.807) is 0 Å². The fourth-order valence-corrected chi connectivity index (χ4v) is 2.10. The van der Waals surface area contributed by atoms with Crippen LogP contribution in [-0.2, 0) is 6.18 Å². The van der Waals surface area contributed by atoms with Crippen LogP contribution < -0.4 is 5.73 Å². The van der Waals surface area contributed by atoms with Gasteiger partial charge in [0.2, 0.25) is 0 Å². The van der Waals surface area contributed by atoms with Crippen molar-refractivity contribution < 1.29 is 13.2 Å². The molecule has 1 fully saturated rings. The van der Waals surface area contributed by atoms with Crippen LogP contribution in [0.1, 0.15) is 36.4 Å². The number of nitrogens with two attached hydrogens (primary N) is 1. The molecule has 1 aromatic rings. The average molecular weight is 264 g/mol. The Balaban J connectivity index is 2.24. The molecule has 0 aliphatic heterocycles. The summed E-state index contributed by atoms with van der Waals surface area (Å²) in [5.74, 6) is 0.551. The first kappa shape index (κ1) is 12.7. The van der Waals surface area contributed by atoms with Gasteiger partial charge in [-0.2, -0.15) is 13.2 Å². The van der Waals surface area contributed by atoms with E-state index in [4.69, 9.17) is 17.3 Å². The highest BCUT2D eigenvalue weighted by atomic mass is 35.5. The zero-order valence-electron chi connectivity index (χ0n) is 9.10. The summed E-state index contributed by atoms with van der Waals surface area (Å²) in [6, 6.07) is 2.91. The summed E-state index contributed by atoms with van der Waals surface area (Å²) in [4.78, 5) is 0. The van der Waals surface area contributed by atoms with Crippen LogP contribution in [0.2, 0.25) is 5.02 Å². The van der Waals surface area contributed by atoms with E-state index in [1.807, 2.05) is 0 Å². The molecule has 0 unspecified atom stereocenters. The van der Waals surface area contributed by atoms with E-state index in [-0.39, 0.29) is 0 Å². The minimum absolute atomic E-state index is 0.311. The molecule has 2 rings (SSSR count). The molecule has 17 heavy (non-hydrogen) atoms. The van der Waals surface area contributed by atoms with Gasteiger partial charge in [0.25, 0.3) is 0 Å². The molecular weight excluding hydrogens is 251 g/mol. The van der Waals surface area contributed by atoms with Crippen LogP contribution >= 0.6 is 11.6 Å². The van der Waals surface area contributed by atoms with Gasteiger partial charge in [-0.25, -0.2) is 0 Å². The molecule has 0 saturated heterocycles. The van der Waals surface area contributed by atoms with Crippen molar-refractivity contribution in [3.8, 4) is 0 Å². The predicted molar refractivity (Wildman–Crippen MR) is 60.7 cm³/mol. The van der Waals surface area contributed by atoms with Crippen LogP contribution in [-0.4, -0.2) is 0 Å². The van der Waals surface area contributed by atoms with Gasteiger partial charge in [0.1, 0.15) is 0 Å². The topological polar surface area (TPSA) is 26.0 Å². The third kappa shape index (κ3) is 3.13. The highest BCUT2D eigenvalue weighted by Crippen LogP contribution is 2.39. The molecule has 5 heteroatoms. The molecule has 0 bridgehead atoms. The van der Waals surface area contributed by atoms with Gasteiger partial charge < -0.3 is 5.73 Å². The Morgan fingerprint density at radius 3 is 2.53 bits per heavy atom. The van der Waals surface area contributed by atoms with Gasteiger partial charge in [-0.3, -0.25) is 0 Å². The van der Waals surface area contributed by atoms with E-state index in [1.165, 1.54) is 6.07 Å². The first-order valence-electron chi connectivity index (χ1n) is 5.50. The van der Waals surface area contributed by atoms with Crippen molar-refractivity contribution in [2.45, 2.75) is 31.5 Å². The van der Waals surface area contributed by atoms with E-state index in [0.717, 1.165) is 25.0 Å². The van der Waals surface area contributed by atoms with Gasteiger partial charge in [-0.15, -0.1) is 0 Å². The zero-order chi connectivity index (χ0) is 12.6. The number of hydrogen-bond acceptors (Lipinski definition) is 1. The van der Waals surface area contributed by atoms with Crippen molar-refractivity contribution >= 4 is 11.6 Å². The fraction of sp³-hybridized carbons (Fsp3) is 0.500. The predicted octanol–water partition coefficient (Wildman–Crippen LogP) is 4.16. The first-order chi connectivity index (χ1) is 7.88. The van der Waals surface area contributed by atoms with Crippen molar-refractivity contribution in [3.05, 3.63) is 34.3 Å². The Kier molecular flexibility index (Phi) is 3.36. The number of rotatable bonds is 3. The molecule has 1 nitrogen and oxygen atoms in total. The summed E-state index contributed by atoms with van der Waals surface area (Å²) in [6.07, 6.45) is -1.41. The number of halogens is 4. The Hall–Kier alpha value is -0.740. The summed E-state index contributed by atoms with van der Waals surface area (Å²) in [6.45, 7) is 0. The lowest BCUT2D eigenvalue weighted by atomic mass is 10.00. The highest BCUT2D eigenvalue weighted by Gasteiger charge is 2.32. The normalized spacial score (nSPS) is 18.2.